The number of fused-ring (bicyclic) bond motifs is 1. The maximum absolute atomic E-state index is 13.0. The van der Waals surface area contributed by atoms with Crippen molar-refractivity contribution in [2.24, 2.45) is 0 Å². The van der Waals surface area contributed by atoms with Crippen LogP contribution in [-0.2, 0) is 14.2 Å². The van der Waals surface area contributed by atoms with E-state index in [4.69, 9.17) is 0 Å². The first-order valence-corrected chi connectivity index (χ1v) is 7.54. The van der Waals surface area contributed by atoms with Gasteiger partial charge in [-0.3, -0.25) is 10.1 Å². The molecule has 140 valence electrons. The summed E-state index contributed by atoms with van der Waals surface area (Å²) in [5, 5.41) is 2.52. The molecule has 1 aromatic heterocycles. The number of hydrogen-bond donors (Lipinski definition) is 2. The van der Waals surface area contributed by atoms with Crippen LogP contribution in [0.1, 0.15) is 32.1 Å². The summed E-state index contributed by atoms with van der Waals surface area (Å²) in [6.07, 6.45) is 0.0841. The Kier molecular flexibility index (Phi) is 4.88. The Bertz CT molecular complexity index is 901. The molecule has 0 aliphatic carbocycles. The maximum atomic E-state index is 13.0. The lowest BCUT2D eigenvalue weighted by molar-refractivity contribution is -0.349. The molecule has 0 fully saturated rings. The highest BCUT2D eigenvalue weighted by Gasteiger charge is 2.32. The van der Waals surface area contributed by atoms with Crippen LogP contribution in [0.2, 0.25) is 0 Å². The predicted molar refractivity (Wildman–Crippen MR) is 89.5 cm³/mol. The number of amides is 1. The molecule has 3 rings (SSSR count). The van der Waals surface area contributed by atoms with Crippen molar-refractivity contribution < 1.29 is 32.6 Å². The Morgan fingerprint density at radius 3 is 2.63 bits per heavy atom. The standard InChI is InChI=1S/C17H13F2N3O5/c1-25-15(24)11-4-2-3-10(9-11)14(23)22-16-20-12-5-7-26-17(18,19)27-8-6-13(12)21-16/h2-9H,1H3,(H2,20,21,22,23). The minimum atomic E-state index is -3.79. The van der Waals surface area contributed by atoms with Crippen molar-refractivity contribution in [1.82, 2.24) is 9.97 Å². The minimum absolute atomic E-state index is 0.0649. The molecule has 0 saturated heterocycles. The summed E-state index contributed by atoms with van der Waals surface area (Å²) in [7, 11) is 1.24. The number of nitrogens with one attached hydrogen (secondary N) is 2. The van der Waals surface area contributed by atoms with E-state index in [2.05, 4.69) is 29.5 Å². The number of nitrogens with zero attached hydrogens (tertiary/aromatic N) is 1. The van der Waals surface area contributed by atoms with Gasteiger partial charge in [0.05, 0.1) is 36.6 Å². The van der Waals surface area contributed by atoms with E-state index >= 15 is 0 Å². The van der Waals surface area contributed by atoms with Crippen LogP contribution in [-0.4, -0.2) is 35.2 Å². The molecule has 2 aromatic rings. The van der Waals surface area contributed by atoms with Gasteiger partial charge in [-0.2, -0.15) is 0 Å². The first kappa shape index (κ1) is 18.1. The van der Waals surface area contributed by atoms with Crippen molar-refractivity contribution in [3.63, 3.8) is 0 Å². The van der Waals surface area contributed by atoms with E-state index in [0.29, 0.717) is 5.69 Å². The predicted octanol–water partition coefficient (Wildman–Crippen LogP) is 2.99. The van der Waals surface area contributed by atoms with E-state index in [9.17, 15) is 18.4 Å². The first-order valence-electron chi connectivity index (χ1n) is 7.54. The van der Waals surface area contributed by atoms with Gasteiger partial charge < -0.3 is 19.2 Å². The molecular weight excluding hydrogens is 364 g/mol. The smallest absolute Gasteiger partial charge is 0.465 e. The minimum Gasteiger partial charge on any atom is -0.465 e. The van der Waals surface area contributed by atoms with E-state index in [-0.39, 0.29) is 22.8 Å². The second kappa shape index (κ2) is 7.28. The summed E-state index contributed by atoms with van der Waals surface area (Å²) >= 11 is 0. The molecule has 0 unspecified atom stereocenters. The largest absolute Gasteiger partial charge is 0.584 e. The number of halogens is 2. The quantitative estimate of drug-likeness (QED) is 0.798. The number of benzene rings is 1. The average molecular weight is 377 g/mol. The molecule has 1 aliphatic heterocycles. The average Bonchev–Trinajstić information content (AvgIpc) is 3.03. The molecule has 0 spiro atoms. The number of methoxy groups -OCH3 is 1. The van der Waals surface area contributed by atoms with Gasteiger partial charge in [0.15, 0.2) is 0 Å². The second-order valence-electron chi connectivity index (χ2n) is 5.22. The van der Waals surface area contributed by atoms with Crippen molar-refractivity contribution in [2.75, 3.05) is 12.4 Å². The molecule has 2 N–H and O–H groups in total. The maximum Gasteiger partial charge on any atom is 0.584 e. The van der Waals surface area contributed by atoms with Crippen molar-refractivity contribution in [3.8, 4) is 0 Å². The zero-order chi connectivity index (χ0) is 19.4. The highest BCUT2D eigenvalue weighted by molar-refractivity contribution is 6.05. The van der Waals surface area contributed by atoms with Crippen LogP contribution < -0.4 is 5.32 Å². The molecule has 0 atom stereocenters. The van der Waals surface area contributed by atoms with E-state index in [0.717, 1.165) is 12.5 Å². The number of esters is 1. The Balaban J connectivity index is 1.79. The molecule has 0 saturated carbocycles. The first-order chi connectivity index (χ1) is 12.9. The Hall–Kier alpha value is -3.69. The fourth-order valence-electron chi connectivity index (χ4n) is 2.19. The van der Waals surface area contributed by atoms with Gasteiger partial charge in [0.25, 0.3) is 5.91 Å². The summed E-state index contributed by atoms with van der Waals surface area (Å²) in [5.41, 5.74) is 0.974. The monoisotopic (exact) mass is 377 g/mol. The number of carbonyl (C=O) groups excluding carboxylic acids is 2. The molecule has 0 radical (unpaired) electrons. The molecule has 1 aromatic carbocycles. The van der Waals surface area contributed by atoms with Crippen molar-refractivity contribution in [3.05, 3.63) is 59.3 Å². The van der Waals surface area contributed by atoms with E-state index in [1.165, 1.54) is 43.5 Å². The lowest BCUT2D eigenvalue weighted by Crippen LogP contribution is -2.19. The van der Waals surface area contributed by atoms with Gasteiger partial charge in [0.1, 0.15) is 0 Å². The van der Waals surface area contributed by atoms with Gasteiger partial charge in [-0.05, 0) is 24.3 Å². The fraction of sp³-hybridized carbons (Fsp3) is 0.118. The highest BCUT2D eigenvalue weighted by atomic mass is 19.3. The summed E-state index contributed by atoms with van der Waals surface area (Å²) in [6, 6.07) is 5.92. The zero-order valence-corrected chi connectivity index (χ0v) is 13.9. The van der Waals surface area contributed by atoms with Crippen LogP contribution in [0, 0.1) is 0 Å². The summed E-state index contributed by atoms with van der Waals surface area (Å²) in [6.45, 7) is 0. The third kappa shape index (κ3) is 4.29. The number of rotatable bonds is 3. The third-order valence-corrected chi connectivity index (χ3v) is 3.41. The van der Waals surface area contributed by atoms with Crippen LogP contribution in [0.3, 0.4) is 0 Å². The molecule has 1 aliphatic rings. The molecule has 10 heteroatoms. The summed E-state index contributed by atoms with van der Waals surface area (Å²) < 4.78 is 39.0. The highest BCUT2D eigenvalue weighted by Crippen LogP contribution is 2.23. The third-order valence-electron chi connectivity index (χ3n) is 3.41. The Morgan fingerprint density at radius 1 is 1.19 bits per heavy atom. The number of hydrogen-bond acceptors (Lipinski definition) is 6. The van der Waals surface area contributed by atoms with Crippen LogP contribution in [0.15, 0.2) is 36.8 Å². The second-order valence-corrected chi connectivity index (χ2v) is 5.22. The molecule has 0 bridgehead atoms. The van der Waals surface area contributed by atoms with E-state index < -0.39 is 18.2 Å². The number of aromatic amines is 1. The molecule has 2 heterocycles. The molecular formula is C17H13F2N3O5. The zero-order valence-electron chi connectivity index (χ0n) is 13.9. The van der Waals surface area contributed by atoms with Gasteiger partial charge in [-0.15, -0.1) is 8.78 Å². The normalized spacial score (nSPS) is 14.6. The lowest BCUT2D eigenvalue weighted by atomic mass is 10.1. The number of ether oxygens (including phenoxy) is 3. The fourth-order valence-corrected chi connectivity index (χ4v) is 2.19. The summed E-state index contributed by atoms with van der Waals surface area (Å²) in [4.78, 5) is 30.7. The number of imidazole rings is 1. The van der Waals surface area contributed by atoms with Crippen LogP contribution in [0.4, 0.5) is 14.7 Å². The topological polar surface area (TPSA) is 103 Å². The molecule has 1 amide bonds. The molecule has 27 heavy (non-hydrogen) atoms. The number of alkyl halides is 2. The van der Waals surface area contributed by atoms with Crippen LogP contribution in [0.5, 0.6) is 0 Å². The number of H-pyrrole nitrogens is 1. The van der Waals surface area contributed by atoms with Gasteiger partial charge in [-0.25, -0.2) is 9.78 Å². The molecule has 8 nitrogen and oxygen atoms in total. The van der Waals surface area contributed by atoms with Crippen molar-refractivity contribution in [2.45, 2.75) is 6.29 Å². The van der Waals surface area contributed by atoms with Crippen molar-refractivity contribution >= 4 is 30.0 Å². The van der Waals surface area contributed by atoms with Crippen LogP contribution in [0.25, 0.3) is 12.2 Å². The van der Waals surface area contributed by atoms with E-state index in [1.807, 2.05) is 0 Å². The SMILES string of the molecule is COC(=O)c1cccc(C(=O)Nc2nc3c([nH]2)C=COC(F)(F)OC=C3)c1. The Morgan fingerprint density at radius 2 is 1.89 bits per heavy atom. The van der Waals surface area contributed by atoms with E-state index in [1.54, 1.807) is 0 Å². The number of anilines is 1. The summed E-state index contributed by atoms with van der Waals surface area (Å²) in [5.74, 6) is -1.05. The van der Waals surface area contributed by atoms with Crippen molar-refractivity contribution in [1.29, 1.82) is 0 Å². The lowest BCUT2D eigenvalue weighted by Gasteiger charge is -2.11. The Labute approximate surface area is 151 Å². The van der Waals surface area contributed by atoms with Gasteiger partial charge >= 0.3 is 12.3 Å². The number of aromatic nitrogens is 2. The number of carbonyl (C=O) groups is 2. The van der Waals surface area contributed by atoms with Crippen LogP contribution >= 0.6 is 0 Å². The van der Waals surface area contributed by atoms with Gasteiger partial charge in [-0.1, -0.05) is 6.07 Å². The van der Waals surface area contributed by atoms with Gasteiger partial charge in [0, 0.05) is 11.6 Å². The van der Waals surface area contributed by atoms with Gasteiger partial charge in [0.2, 0.25) is 5.95 Å².